The van der Waals surface area contributed by atoms with Crippen LogP contribution in [0, 0.1) is 0 Å². The molecule has 0 spiro atoms. The van der Waals surface area contributed by atoms with Crippen molar-refractivity contribution in [1.29, 1.82) is 0 Å². The number of aliphatic hydroxyl groups is 20. The minimum atomic E-state index is -2.27. The van der Waals surface area contributed by atoms with Crippen LogP contribution in [-0.2, 0) is 52.1 Å². The van der Waals surface area contributed by atoms with Crippen LogP contribution in [-0.4, -0.2) is 326 Å². The van der Waals surface area contributed by atoms with E-state index < -0.39 is 224 Å². The largest absolute Gasteiger partial charge is 0.394 e. The average Bonchev–Trinajstić information content (AvgIpc) is 3.31. The lowest BCUT2D eigenvalue weighted by Gasteiger charge is -2.49. The van der Waals surface area contributed by atoms with Crippen LogP contribution in [0.2, 0.25) is 0 Å². The Morgan fingerprint density at radius 1 is 0.254 bits per heavy atom. The van der Waals surface area contributed by atoms with Gasteiger partial charge in [0.15, 0.2) is 37.7 Å². The molecule has 0 radical (unpaired) electrons. The quantitative estimate of drug-likeness (QED) is 0.0683. The minimum absolute atomic E-state index is 0.765. The van der Waals surface area contributed by atoms with Gasteiger partial charge in [0.1, 0.15) is 146 Å². The van der Waals surface area contributed by atoms with E-state index in [-0.39, 0.29) is 0 Å². The van der Waals surface area contributed by atoms with Crippen molar-refractivity contribution >= 4 is 0 Å². The predicted octanol–water partition coefficient (Wildman–Crippen LogP) is -14.1. The predicted molar refractivity (Wildman–Crippen MR) is 199 cm³/mol. The summed E-state index contributed by atoms with van der Waals surface area (Å²) >= 11 is 0. The zero-order valence-corrected chi connectivity index (χ0v) is 35.0. The Balaban J connectivity index is 1.21. The van der Waals surface area contributed by atoms with Gasteiger partial charge in [-0.2, -0.15) is 0 Å². The molecular weight excluding hydrogens is 928 g/mol. The van der Waals surface area contributed by atoms with E-state index in [1.165, 1.54) is 0 Å². The van der Waals surface area contributed by atoms with E-state index in [0.717, 1.165) is 0 Å². The van der Waals surface area contributed by atoms with Crippen molar-refractivity contribution in [3.63, 3.8) is 0 Å². The van der Waals surface area contributed by atoms with Crippen LogP contribution < -0.4 is 0 Å². The maximum atomic E-state index is 11.7. The summed E-state index contributed by atoms with van der Waals surface area (Å²) in [5, 5.41) is 210. The molecular formula is C36H62O31. The fraction of sp³-hybridized carbons (Fsp3) is 1.00. The lowest BCUT2D eigenvalue weighted by molar-refractivity contribution is -0.392. The van der Waals surface area contributed by atoms with E-state index in [9.17, 15) is 102 Å². The molecule has 6 fully saturated rings. The van der Waals surface area contributed by atoms with E-state index >= 15 is 0 Å². The van der Waals surface area contributed by atoms with E-state index in [2.05, 4.69) is 0 Å². The van der Waals surface area contributed by atoms with Gasteiger partial charge in [-0.25, -0.2) is 0 Å². The summed E-state index contributed by atoms with van der Waals surface area (Å²) in [7, 11) is 0. The van der Waals surface area contributed by atoms with Gasteiger partial charge in [0.05, 0.1) is 39.6 Å². The smallest absolute Gasteiger partial charge is 0.187 e. The molecule has 0 bridgehead atoms. The number of hydrogen-bond donors (Lipinski definition) is 20. The normalized spacial score (nSPS) is 53.4. The van der Waals surface area contributed by atoms with Crippen molar-refractivity contribution in [3.8, 4) is 0 Å². The van der Waals surface area contributed by atoms with E-state index in [1.54, 1.807) is 0 Å². The third kappa shape index (κ3) is 11.5. The van der Waals surface area contributed by atoms with Gasteiger partial charge in [-0.15, -0.1) is 0 Å². The SMILES string of the molecule is OC[C@H]1O[C@@H](OC[C@H]2O[C@@H](OC[C@H]3O[C@@H](O[C@@H]4[C@@H](O)[C@H](O)O[C@H](CO)[C@@H]4O)[C@H](O)[C@@H](O[C@@H]4O[C@H](CO)[C@H](O)[C@H](O[C@@H]5O[C@H](CO)[C@H](O)[C@H](O)[C@H]5O)[C@H]4O)[C@H]3O)[C@H](O)[C@@H](O)[C@H]2O)[C@H](O)[C@@H](O)[C@H]1O. The van der Waals surface area contributed by atoms with Crippen molar-refractivity contribution in [3.05, 3.63) is 0 Å². The second-order valence-corrected chi connectivity index (χ2v) is 16.8. The molecule has 6 aliphatic heterocycles. The van der Waals surface area contributed by atoms with Crippen molar-refractivity contribution in [2.45, 2.75) is 184 Å². The molecule has 0 aromatic rings. The standard InChI is InChI=1S/C36H62O31/c37-1-7-13(41)19(47)22(50)32(60-7)57-5-11-15(43)21(49)23(51)33(63-11)58-6-12-18(46)30(27(55)36(64-12)65-28-16(44)9(3-39)59-31(56)25(28)53)67-35-26(54)29(17(45)10(4-40)62-35)66-34-24(52)20(48)14(42)8(2-38)61-34/h7-56H,1-6H2/t7-,8-,9-,10-,11-,12-,13+,14+,15+,16+,17+,18+,19+,20+,21+,22-,23-,24-,25-,26-,27-,28+,29+,30+,31-,32-,33-,34+,35+,36+/m1/s1. The van der Waals surface area contributed by atoms with Crippen molar-refractivity contribution in [2.75, 3.05) is 39.6 Å². The first-order chi connectivity index (χ1) is 31.7. The lowest BCUT2D eigenvalue weighted by atomic mass is 9.95. The molecule has 6 aliphatic rings. The fourth-order valence-corrected chi connectivity index (χ4v) is 8.29. The van der Waals surface area contributed by atoms with Crippen LogP contribution in [0.1, 0.15) is 0 Å². The van der Waals surface area contributed by atoms with Crippen LogP contribution in [0.5, 0.6) is 0 Å². The van der Waals surface area contributed by atoms with Gasteiger partial charge in [-0.1, -0.05) is 0 Å². The molecule has 0 saturated carbocycles. The molecule has 6 heterocycles. The summed E-state index contributed by atoms with van der Waals surface area (Å²) in [6.07, 6.45) is -57.7. The van der Waals surface area contributed by atoms with Gasteiger partial charge < -0.3 is 154 Å². The van der Waals surface area contributed by atoms with Gasteiger partial charge in [0.25, 0.3) is 0 Å². The highest BCUT2D eigenvalue weighted by Gasteiger charge is 2.56. The van der Waals surface area contributed by atoms with Crippen LogP contribution >= 0.6 is 0 Å². The molecule has 67 heavy (non-hydrogen) atoms. The fourth-order valence-electron chi connectivity index (χ4n) is 8.29. The molecule has 392 valence electrons. The first kappa shape index (κ1) is 55.1. The molecule has 0 aromatic carbocycles. The Hall–Kier alpha value is -1.24. The number of hydrogen-bond acceptors (Lipinski definition) is 31. The zero-order valence-electron chi connectivity index (χ0n) is 35.0. The second-order valence-electron chi connectivity index (χ2n) is 16.8. The van der Waals surface area contributed by atoms with E-state index in [1.807, 2.05) is 0 Å². The molecule has 0 aromatic heterocycles. The molecule has 31 heteroatoms. The third-order valence-corrected chi connectivity index (χ3v) is 12.4. The summed E-state index contributed by atoms with van der Waals surface area (Å²) in [6, 6.07) is 0. The Morgan fingerprint density at radius 2 is 0.522 bits per heavy atom. The van der Waals surface area contributed by atoms with Crippen LogP contribution in [0.25, 0.3) is 0 Å². The van der Waals surface area contributed by atoms with Crippen molar-refractivity contribution in [2.24, 2.45) is 0 Å². The molecule has 0 unspecified atom stereocenters. The van der Waals surface area contributed by atoms with Crippen LogP contribution in [0.3, 0.4) is 0 Å². The maximum absolute atomic E-state index is 11.7. The summed E-state index contributed by atoms with van der Waals surface area (Å²) in [6.45, 7) is -5.35. The Labute approximate surface area is 378 Å². The van der Waals surface area contributed by atoms with Gasteiger partial charge in [-0.05, 0) is 0 Å². The Kier molecular flexibility index (Phi) is 19.4. The maximum Gasteiger partial charge on any atom is 0.187 e. The molecule has 6 saturated heterocycles. The van der Waals surface area contributed by atoms with Crippen LogP contribution in [0.4, 0.5) is 0 Å². The van der Waals surface area contributed by atoms with Crippen molar-refractivity contribution in [1.82, 2.24) is 0 Å². The summed E-state index contributed by atoms with van der Waals surface area (Å²) in [5.74, 6) is 0. The topological polar surface area (TPSA) is 506 Å². The van der Waals surface area contributed by atoms with E-state index in [0.29, 0.717) is 0 Å². The third-order valence-electron chi connectivity index (χ3n) is 12.4. The van der Waals surface area contributed by atoms with Gasteiger partial charge in [-0.3, -0.25) is 0 Å². The van der Waals surface area contributed by atoms with Gasteiger partial charge >= 0.3 is 0 Å². The zero-order chi connectivity index (χ0) is 49.3. The summed E-state index contributed by atoms with van der Waals surface area (Å²) in [4.78, 5) is 0. The van der Waals surface area contributed by atoms with Crippen LogP contribution in [0.15, 0.2) is 0 Å². The molecule has 0 aliphatic carbocycles. The molecule has 30 atom stereocenters. The summed E-state index contributed by atoms with van der Waals surface area (Å²) in [5.41, 5.74) is 0. The Bertz CT molecular complexity index is 1510. The van der Waals surface area contributed by atoms with Crippen molar-refractivity contribution < 1.29 is 154 Å². The molecule has 6 rings (SSSR count). The second kappa shape index (κ2) is 23.5. The Morgan fingerprint density at radius 3 is 0.940 bits per heavy atom. The number of ether oxygens (including phenoxy) is 11. The van der Waals surface area contributed by atoms with Gasteiger partial charge in [0, 0.05) is 0 Å². The summed E-state index contributed by atoms with van der Waals surface area (Å²) < 4.78 is 60.5. The minimum Gasteiger partial charge on any atom is -0.394 e. The number of aliphatic hydroxyl groups excluding tert-OH is 20. The van der Waals surface area contributed by atoms with Gasteiger partial charge in [0.2, 0.25) is 0 Å². The first-order valence-corrected chi connectivity index (χ1v) is 21.1. The highest BCUT2D eigenvalue weighted by molar-refractivity contribution is 4.99. The molecule has 31 nitrogen and oxygen atoms in total. The molecule has 0 amide bonds. The molecule has 20 N–H and O–H groups in total. The average molecular weight is 991 g/mol. The monoisotopic (exact) mass is 990 g/mol. The highest BCUT2D eigenvalue weighted by Crippen LogP contribution is 2.35. The van der Waals surface area contributed by atoms with E-state index in [4.69, 9.17) is 52.1 Å². The first-order valence-electron chi connectivity index (χ1n) is 21.1. The number of rotatable bonds is 16. The lowest BCUT2D eigenvalue weighted by Crippen LogP contribution is -2.68. The highest BCUT2D eigenvalue weighted by atomic mass is 16.8.